The minimum Gasteiger partial charge on any atom is -0.376 e. The largest absolute Gasteiger partial charge is 0.376 e. The summed E-state index contributed by atoms with van der Waals surface area (Å²) in [5.74, 6) is 0. The summed E-state index contributed by atoms with van der Waals surface area (Å²) >= 11 is 0. The lowest BCUT2D eigenvalue weighted by molar-refractivity contribution is -0.0441. The molecule has 1 aliphatic carbocycles. The van der Waals surface area contributed by atoms with Gasteiger partial charge in [-0.25, -0.2) is 0 Å². The molecule has 1 saturated carbocycles. The van der Waals surface area contributed by atoms with Crippen molar-refractivity contribution in [1.82, 2.24) is 5.32 Å². The molecule has 2 rings (SSSR count). The second kappa shape index (κ2) is 7.34. The first-order valence-corrected chi connectivity index (χ1v) is 7.30. The number of hydrogen-bond acceptors (Lipinski definition) is 3. The maximum atomic E-state index is 6.03. The van der Waals surface area contributed by atoms with Crippen LogP contribution in [0.3, 0.4) is 0 Å². The molecule has 1 heterocycles. The van der Waals surface area contributed by atoms with Gasteiger partial charge < -0.3 is 14.8 Å². The zero-order chi connectivity index (χ0) is 11.9. The summed E-state index contributed by atoms with van der Waals surface area (Å²) in [5, 5.41) is 3.18. The fourth-order valence-electron chi connectivity index (χ4n) is 2.93. The molecule has 0 aromatic carbocycles. The number of ether oxygens (including phenoxy) is 2. The summed E-state index contributed by atoms with van der Waals surface area (Å²) in [6.45, 7) is 1.78. The maximum absolute atomic E-state index is 6.03. The summed E-state index contributed by atoms with van der Waals surface area (Å²) in [4.78, 5) is 0. The molecule has 0 aromatic rings. The van der Waals surface area contributed by atoms with E-state index in [2.05, 4.69) is 5.32 Å². The van der Waals surface area contributed by atoms with E-state index < -0.39 is 0 Å². The van der Waals surface area contributed by atoms with Crippen molar-refractivity contribution < 1.29 is 9.47 Å². The summed E-state index contributed by atoms with van der Waals surface area (Å²) in [7, 11) is 1.98. The molecule has 1 aliphatic heterocycles. The lowest BCUT2D eigenvalue weighted by atomic mass is 10.1. The van der Waals surface area contributed by atoms with E-state index in [1.54, 1.807) is 0 Å². The van der Waals surface area contributed by atoms with Crippen LogP contribution in [0.2, 0.25) is 0 Å². The average molecular weight is 241 g/mol. The molecule has 0 bridgehead atoms. The van der Waals surface area contributed by atoms with Crippen molar-refractivity contribution in [2.24, 2.45) is 0 Å². The lowest BCUT2D eigenvalue weighted by Gasteiger charge is -2.19. The van der Waals surface area contributed by atoms with Gasteiger partial charge in [0.1, 0.15) is 0 Å². The molecule has 0 amide bonds. The van der Waals surface area contributed by atoms with E-state index in [1.807, 2.05) is 7.05 Å². The third-order valence-corrected chi connectivity index (χ3v) is 3.95. The van der Waals surface area contributed by atoms with Gasteiger partial charge in [-0.05, 0) is 32.7 Å². The molecule has 100 valence electrons. The van der Waals surface area contributed by atoms with Crippen LogP contribution in [-0.4, -0.2) is 38.5 Å². The Morgan fingerprint density at radius 1 is 1.00 bits per heavy atom. The molecule has 3 nitrogen and oxygen atoms in total. The Balaban J connectivity index is 1.61. The Bertz CT molecular complexity index is 202. The van der Waals surface area contributed by atoms with Gasteiger partial charge in [0.2, 0.25) is 0 Å². The standard InChI is InChI=1S/C14H27NO2/c1-15-10-13-8-9-14(17-13)11-16-12-6-4-2-3-5-7-12/h12-15H,2-11H2,1H3. The van der Waals surface area contributed by atoms with Gasteiger partial charge in [0.05, 0.1) is 24.9 Å². The zero-order valence-electron chi connectivity index (χ0n) is 11.1. The second-order valence-electron chi connectivity index (χ2n) is 5.46. The van der Waals surface area contributed by atoms with Gasteiger partial charge in [0, 0.05) is 6.54 Å². The van der Waals surface area contributed by atoms with Gasteiger partial charge in [-0.3, -0.25) is 0 Å². The highest BCUT2D eigenvalue weighted by atomic mass is 16.5. The van der Waals surface area contributed by atoms with Gasteiger partial charge in [-0.1, -0.05) is 25.7 Å². The number of rotatable bonds is 5. The van der Waals surface area contributed by atoms with Crippen molar-refractivity contribution in [1.29, 1.82) is 0 Å². The van der Waals surface area contributed by atoms with Crippen LogP contribution in [-0.2, 0) is 9.47 Å². The fourth-order valence-corrected chi connectivity index (χ4v) is 2.93. The summed E-state index contributed by atoms with van der Waals surface area (Å²) < 4.78 is 12.0. The number of nitrogens with one attached hydrogen (secondary N) is 1. The molecule has 3 heteroatoms. The highest BCUT2D eigenvalue weighted by Gasteiger charge is 2.25. The second-order valence-corrected chi connectivity index (χ2v) is 5.46. The summed E-state index contributed by atoms with van der Waals surface area (Å²) in [6.07, 6.45) is 11.6. The summed E-state index contributed by atoms with van der Waals surface area (Å²) in [6, 6.07) is 0. The van der Waals surface area contributed by atoms with E-state index in [1.165, 1.54) is 51.4 Å². The molecular formula is C14H27NO2. The maximum Gasteiger partial charge on any atom is 0.0814 e. The lowest BCUT2D eigenvalue weighted by Crippen LogP contribution is -2.26. The Morgan fingerprint density at radius 2 is 1.71 bits per heavy atom. The first-order chi connectivity index (χ1) is 8.38. The van der Waals surface area contributed by atoms with E-state index in [4.69, 9.17) is 9.47 Å². The third kappa shape index (κ3) is 4.57. The van der Waals surface area contributed by atoms with Crippen molar-refractivity contribution >= 4 is 0 Å². The molecular weight excluding hydrogens is 214 g/mol. The predicted molar refractivity (Wildman–Crippen MR) is 69.3 cm³/mol. The average Bonchev–Trinajstić information content (AvgIpc) is 2.63. The van der Waals surface area contributed by atoms with Crippen molar-refractivity contribution in [3.63, 3.8) is 0 Å². The topological polar surface area (TPSA) is 30.5 Å². The first-order valence-electron chi connectivity index (χ1n) is 7.30. The van der Waals surface area contributed by atoms with E-state index in [0.29, 0.717) is 18.3 Å². The smallest absolute Gasteiger partial charge is 0.0814 e. The zero-order valence-corrected chi connectivity index (χ0v) is 11.1. The normalized spacial score (nSPS) is 31.6. The summed E-state index contributed by atoms with van der Waals surface area (Å²) in [5.41, 5.74) is 0. The van der Waals surface area contributed by atoms with Crippen LogP contribution >= 0.6 is 0 Å². The van der Waals surface area contributed by atoms with Crippen LogP contribution in [0.5, 0.6) is 0 Å². The molecule has 2 aliphatic rings. The molecule has 0 aromatic heterocycles. The minimum atomic E-state index is 0.344. The van der Waals surface area contributed by atoms with Crippen LogP contribution in [0, 0.1) is 0 Å². The number of hydrogen-bond donors (Lipinski definition) is 1. The van der Waals surface area contributed by atoms with Crippen LogP contribution in [0.1, 0.15) is 51.4 Å². The Hall–Kier alpha value is -0.120. The van der Waals surface area contributed by atoms with Gasteiger partial charge in [-0.2, -0.15) is 0 Å². The van der Waals surface area contributed by atoms with Gasteiger partial charge >= 0.3 is 0 Å². The van der Waals surface area contributed by atoms with E-state index in [0.717, 1.165) is 13.2 Å². The minimum absolute atomic E-state index is 0.344. The van der Waals surface area contributed by atoms with E-state index in [9.17, 15) is 0 Å². The van der Waals surface area contributed by atoms with Crippen molar-refractivity contribution in [3.8, 4) is 0 Å². The van der Waals surface area contributed by atoms with Gasteiger partial charge in [0.25, 0.3) is 0 Å². The quantitative estimate of drug-likeness (QED) is 0.750. The van der Waals surface area contributed by atoms with Crippen molar-refractivity contribution in [2.45, 2.75) is 69.7 Å². The van der Waals surface area contributed by atoms with Gasteiger partial charge in [0.15, 0.2) is 0 Å². The first kappa shape index (κ1) is 13.3. The Morgan fingerprint density at radius 3 is 2.41 bits per heavy atom. The van der Waals surface area contributed by atoms with E-state index >= 15 is 0 Å². The molecule has 17 heavy (non-hydrogen) atoms. The molecule has 1 saturated heterocycles. The molecule has 2 fully saturated rings. The van der Waals surface area contributed by atoms with Gasteiger partial charge in [-0.15, -0.1) is 0 Å². The predicted octanol–water partition coefficient (Wildman–Crippen LogP) is 2.49. The van der Waals surface area contributed by atoms with E-state index in [-0.39, 0.29) is 0 Å². The van der Waals surface area contributed by atoms with Crippen LogP contribution in [0.25, 0.3) is 0 Å². The SMILES string of the molecule is CNCC1CCC(COC2CCCCCC2)O1. The molecule has 1 N–H and O–H groups in total. The van der Waals surface area contributed by atoms with Crippen molar-refractivity contribution in [3.05, 3.63) is 0 Å². The van der Waals surface area contributed by atoms with Crippen molar-refractivity contribution in [2.75, 3.05) is 20.2 Å². The highest BCUT2D eigenvalue weighted by molar-refractivity contribution is 4.75. The van der Waals surface area contributed by atoms with Crippen LogP contribution in [0.4, 0.5) is 0 Å². The number of likely N-dealkylation sites (N-methyl/N-ethyl adjacent to an activating group) is 1. The Kier molecular flexibility index (Phi) is 5.75. The fraction of sp³-hybridized carbons (Fsp3) is 1.00. The molecule has 2 unspecified atom stereocenters. The van der Waals surface area contributed by atoms with Crippen LogP contribution in [0.15, 0.2) is 0 Å². The van der Waals surface area contributed by atoms with Crippen LogP contribution < -0.4 is 5.32 Å². The monoisotopic (exact) mass is 241 g/mol. The highest BCUT2D eigenvalue weighted by Crippen LogP contribution is 2.23. The molecule has 0 radical (unpaired) electrons. The molecule has 0 spiro atoms. The Labute approximate surface area is 105 Å². The third-order valence-electron chi connectivity index (χ3n) is 3.95. The molecule has 2 atom stereocenters.